The van der Waals surface area contributed by atoms with Crippen LogP contribution in [0.3, 0.4) is 0 Å². The molecule has 2 aromatic rings. The van der Waals surface area contributed by atoms with Crippen molar-refractivity contribution >= 4 is 23.2 Å². The third-order valence-corrected chi connectivity index (χ3v) is 3.26. The molecule has 8 heteroatoms. The normalized spacial score (nSPS) is 11.3. The van der Waals surface area contributed by atoms with Crippen LogP contribution in [0, 0.1) is 6.92 Å². The Morgan fingerprint density at radius 3 is 2.55 bits per heavy atom. The number of amides is 1. The second-order valence-corrected chi connectivity index (χ2v) is 4.92. The minimum absolute atomic E-state index is 0.107. The van der Waals surface area contributed by atoms with Crippen molar-refractivity contribution < 1.29 is 18.0 Å². The summed E-state index contributed by atoms with van der Waals surface area (Å²) in [5, 5.41) is 1.79. The zero-order chi connectivity index (χ0) is 16.5. The number of carbonyl (C=O) groups is 1. The van der Waals surface area contributed by atoms with Gasteiger partial charge in [0.2, 0.25) is 0 Å². The van der Waals surface area contributed by atoms with Crippen LogP contribution in [-0.2, 0) is 6.18 Å². The quantitative estimate of drug-likeness (QED) is 0.883. The molecule has 116 valence electrons. The number of H-pyrrole nitrogens is 1. The molecule has 1 aromatic carbocycles. The van der Waals surface area contributed by atoms with Crippen molar-refractivity contribution in [1.82, 2.24) is 4.98 Å². The Hall–Kier alpha value is -2.28. The standard InChI is InChI=1S/C14H10ClF3N2O2/c1-7-4-5-19-12(21)11(7)13(22)20-8-2-3-10(15)9(6-8)14(16,17)18/h2-6H,1H3,(H,19,21)(H,20,22). The summed E-state index contributed by atoms with van der Waals surface area (Å²) in [7, 11) is 0. The van der Waals surface area contributed by atoms with E-state index in [0.29, 0.717) is 11.6 Å². The second kappa shape index (κ2) is 5.84. The van der Waals surface area contributed by atoms with Gasteiger partial charge in [0.25, 0.3) is 11.5 Å². The summed E-state index contributed by atoms with van der Waals surface area (Å²) in [5.74, 6) is -0.796. The molecule has 2 rings (SSSR count). The van der Waals surface area contributed by atoms with Gasteiger partial charge in [-0.15, -0.1) is 0 Å². The lowest BCUT2D eigenvalue weighted by Crippen LogP contribution is -2.24. The van der Waals surface area contributed by atoms with E-state index < -0.39 is 28.2 Å². The minimum atomic E-state index is -4.64. The molecular formula is C14H10ClF3N2O2. The highest BCUT2D eigenvalue weighted by Gasteiger charge is 2.33. The molecule has 0 aliphatic rings. The first-order chi connectivity index (χ1) is 10.2. The Balaban J connectivity index is 2.36. The van der Waals surface area contributed by atoms with Crippen LogP contribution in [0.5, 0.6) is 0 Å². The molecule has 0 saturated carbocycles. The average Bonchev–Trinajstić information content (AvgIpc) is 2.39. The van der Waals surface area contributed by atoms with E-state index in [2.05, 4.69) is 10.3 Å². The number of halogens is 4. The SMILES string of the molecule is Cc1cc[nH]c(=O)c1C(=O)Nc1ccc(Cl)c(C(F)(F)F)c1. The Labute approximate surface area is 127 Å². The topological polar surface area (TPSA) is 62.0 Å². The van der Waals surface area contributed by atoms with Crippen molar-refractivity contribution in [1.29, 1.82) is 0 Å². The number of rotatable bonds is 2. The smallest absolute Gasteiger partial charge is 0.328 e. The van der Waals surface area contributed by atoms with E-state index in [4.69, 9.17) is 11.6 Å². The van der Waals surface area contributed by atoms with Crippen LogP contribution in [0.1, 0.15) is 21.5 Å². The van der Waals surface area contributed by atoms with Crippen LogP contribution >= 0.6 is 11.6 Å². The fraction of sp³-hybridized carbons (Fsp3) is 0.143. The van der Waals surface area contributed by atoms with Crippen molar-refractivity contribution in [2.24, 2.45) is 0 Å². The van der Waals surface area contributed by atoms with Crippen molar-refractivity contribution in [3.05, 3.63) is 62.5 Å². The molecule has 22 heavy (non-hydrogen) atoms. The number of anilines is 1. The third kappa shape index (κ3) is 3.30. The molecule has 0 unspecified atom stereocenters. The van der Waals surface area contributed by atoms with E-state index >= 15 is 0 Å². The molecule has 1 amide bonds. The Morgan fingerprint density at radius 1 is 1.27 bits per heavy atom. The van der Waals surface area contributed by atoms with Gasteiger partial charge >= 0.3 is 6.18 Å². The Kier molecular flexibility index (Phi) is 4.27. The van der Waals surface area contributed by atoms with Gasteiger partial charge in [-0.3, -0.25) is 9.59 Å². The highest BCUT2D eigenvalue weighted by Crippen LogP contribution is 2.36. The van der Waals surface area contributed by atoms with Gasteiger partial charge in [-0.25, -0.2) is 0 Å². The summed E-state index contributed by atoms with van der Waals surface area (Å²) in [6.07, 6.45) is -3.27. The largest absolute Gasteiger partial charge is 0.417 e. The summed E-state index contributed by atoms with van der Waals surface area (Å²) in [6, 6.07) is 4.48. The number of nitrogens with one attached hydrogen (secondary N) is 2. The fourth-order valence-corrected chi connectivity index (χ4v) is 2.10. The minimum Gasteiger partial charge on any atom is -0.328 e. The van der Waals surface area contributed by atoms with Gasteiger partial charge in [-0.1, -0.05) is 11.6 Å². The van der Waals surface area contributed by atoms with Gasteiger partial charge < -0.3 is 10.3 Å². The van der Waals surface area contributed by atoms with Crippen LogP contribution in [0.15, 0.2) is 35.3 Å². The lowest BCUT2D eigenvalue weighted by atomic mass is 10.1. The van der Waals surface area contributed by atoms with E-state index in [1.54, 1.807) is 6.92 Å². The summed E-state index contributed by atoms with van der Waals surface area (Å²) >= 11 is 5.50. The van der Waals surface area contributed by atoms with E-state index in [0.717, 1.165) is 6.07 Å². The Morgan fingerprint density at radius 2 is 1.95 bits per heavy atom. The summed E-state index contributed by atoms with van der Waals surface area (Å²) in [4.78, 5) is 26.0. The predicted octanol–water partition coefficient (Wildman–Crippen LogP) is 3.61. The van der Waals surface area contributed by atoms with Gasteiger partial charge in [-0.2, -0.15) is 13.2 Å². The van der Waals surface area contributed by atoms with E-state index in [1.165, 1.54) is 18.3 Å². The monoisotopic (exact) mass is 330 g/mol. The second-order valence-electron chi connectivity index (χ2n) is 4.51. The fourth-order valence-electron chi connectivity index (χ4n) is 1.87. The van der Waals surface area contributed by atoms with Crippen molar-refractivity contribution in [2.45, 2.75) is 13.1 Å². The first-order valence-electron chi connectivity index (χ1n) is 6.06. The van der Waals surface area contributed by atoms with E-state index in [-0.39, 0.29) is 11.3 Å². The molecule has 1 heterocycles. The zero-order valence-electron chi connectivity index (χ0n) is 11.2. The molecule has 0 saturated heterocycles. The molecule has 0 bridgehead atoms. The number of hydrogen-bond acceptors (Lipinski definition) is 2. The van der Waals surface area contributed by atoms with Gasteiger partial charge in [0.1, 0.15) is 5.56 Å². The van der Waals surface area contributed by atoms with Crippen LogP contribution in [0.2, 0.25) is 5.02 Å². The maximum Gasteiger partial charge on any atom is 0.417 e. The summed E-state index contributed by atoms with van der Waals surface area (Å²) in [5.41, 5.74) is -1.55. The number of alkyl halides is 3. The maximum absolute atomic E-state index is 12.8. The van der Waals surface area contributed by atoms with Gasteiger partial charge in [0, 0.05) is 11.9 Å². The molecule has 0 aliphatic heterocycles. The first-order valence-corrected chi connectivity index (χ1v) is 6.44. The summed E-state index contributed by atoms with van der Waals surface area (Å²) in [6.45, 7) is 1.55. The van der Waals surface area contributed by atoms with Crippen molar-refractivity contribution in [3.63, 3.8) is 0 Å². The third-order valence-electron chi connectivity index (χ3n) is 2.93. The number of aryl methyl sites for hydroxylation is 1. The first kappa shape index (κ1) is 16.1. The van der Waals surface area contributed by atoms with Crippen LogP contribution in [-0.4, -0.2) is 10.9 Å². The highest BCUT2D eigenvalue weighted by atomic mass is 35.5. The number of aromatic nitrogens is 1. The molecule has 0 aliphatic carbocycles. The molecule has 0 radical (unpaired) electrons. The highest BCUT2D eigenvalue weighted by molar-refractivity contribution is 6.31. The molecular weight excluding hydrogens is 321 g/mol. The molecule has 0 fully saturated rings. The molecule has 4 nitrogen and oxygen atoms in total. The van der Waals surface area contributed by atoms with E-state index in [9.17, 15) is 22.8 Å². The zero-order valence-corrected chi connectivity index (χ0v) is 12.0. The van der Waals surface area contributed by atoms with Crippen molar-refractivity contribution in [2.75, 3.05) is 5.32 Å². The number of hydrogen-bond donors (Lipinski definition) is 2. The number of aromatic amines is 1. The van der Waals surface area contributed by atoms with Crippen LogP contribution in [0.4, 0.5) is 18.9 Å². The number of pyridine rings is 1. The van der Waals surface area contributed by atoms with E-state index in [1.807, 2.05) is 0 Å². The lowest BCUT2D eigenvalue weighted by molar-refractivity contribution is -0.137. The molecule has 0 spiro atoms. The summed E-state index contributed by atoms with van der Waals surface area (Å²) < 4.78 is 38.3. The maximum atomic E-state index is 12.8. The Bertz CT molecular complexity index is 784. The molecule has 1 aromatic heterocycles. The van der Waals surface area contributed by atoms with Crippen LogP contribution < -0.4 is 10.9 Å². The molecule has 2 N–H and O–H groups in total. The van der Waals surface area contributed by atoms with Gasteiger partial charge in [-0.05, 0) is 36.8 Å². The lowest BCUT2D eigenvalue weighted by Gasteiger charge is -2.12. The predicted molar refractivity (Wildman–Crippen MR) is 76.2 cm³/mol. The number of carbonyl (C=O) groups excluding carboxylic acids is 1. The van der Waals surface area contributed by atoms with Crippen LogP contribution in [0.25, 0.3) is 0 Å². The van der Waals surface area contributed by atoms with Gasteiger partial charge in [0.05, 0.1) is 10.6 Å². The number of benzene rings is 1. The van der Waals surface area contributed by atoms with Crippen molar-refractivity contribution in [3.8, 4) is 0 Å². The average molecular weight is 331 g/mol. The van der Waals surface area contributed by atoms with Gasteiger partial charge in [0.15, 0.2) is 0 Å². The molecule has 0 atom stereocenters.